The van der Waals surface area contributed by atoms with E-state index in [0.29, 0.717) is 22.7 Å². The van der Waals surface area contributed by atoms with Crippen LogP contribution >= 0.6 is 11.3 Å². The molecule has 0 spiro atoms. The summed E-state index contributed by atoms with van der Waals surface area (Å²) < 4.78 is 5.17. The third-order valence-electron chi connectivity index (χ3n) is 4.34. The first-order valence-corrected chi connectivity index (χ1v) is 9.50. The molecule has 6 nitrogen and oxygen atoms in total. The molecule has 2 aromatic heterocycles. The van der Waals surface area contributed by atoms with E-state index >= 15 is 0 Å². The lowest BCUT2D eigenvalue weighted by Gasteiger charge is -2.14. The molecule has 1 aliphatic rings. The summed E-state index contributed by atoms with van der Waals surface area (Å²) in [4.78, 5) is 32.4. The number of carbonyl (C=O) groups is 2. The lowest BCUT2D eigenvalue weighted by atomic mass is 10.2. The first kappa shape index (κ1) is 17.9. The number of ether oxygens (including phenoxy) is 1. The molecule has 140 valence electrons. The Balaban J connectivity index is 1.68. The van der Waals surface area contributed by atoms with Gasteiger partial charge in [-0.1, -0.05) is 12.1 Å². The maximum absolute atomic E-state index is 13.1. The summed E-state index contributed by atoms with van der Waals surface area (Å²) in [7, 11) is 1.59. The van der Waals surface area contributed by atoms with Crippen LogP contribution in [0.5, 0.6) is 5.75 Å². The molecule has 0 unspecified atom stereocenters. The van der Waals surface area contributed by atoms with Crippen molar-refractivity contribution in [1.82, 2.24) is 9.88 Å². The van der Waals surface area contributed by atoms with E-state index in [1.807, 2.05) is 23.6 Å². The van der Waals surface area contributed by atoms with Crippen molar-refractivity contribution < 1.29 is 14.3 Å². The van der Waals surface area contributed by atoms with Crippen molar-refractivity contribution >= 4 is 34.4 Å². The van der Waals surface area contributed by atoms with Crippen LogP contribution < -0.4 is 10.1 Å². The predicted octanol–water partition coefficient (Wildman–Crippen LogP) is 3.54. The molecular weight excluding hydrogens is 374 g/mol. The van der Waals surface area contributed by atoms with E-state index in [0.717, 1.165) is 4.88 Å². The van der Waals surface area contributed by atoms with E-state index in [4.69, 9.17) is 4.74 Å². The number of methoxy groups -OCH3 is 1. The van der Waals surface area contributed by atoms with Gasteiger partial charge in [-0.2, -0.15) is 0 Å². The number of nitrogens with one attached hydrogen (secondary N) is 1. The topological polar surface area (TPSA) is 71.5 Å². The zero-order valence-electron chi connectivity index (χ0n) is 15.1. The first-order chi connectivity index (χ1) is 13.7. The van der Waals surface area contributed by atoms with E-state index in [1.165, 1.54) is 16.2 Å². The molecule has 1 aliphatic heterocycles. The van der Waals surface area contributed by atoms with Crippen LogP contribution in [0.4, 0.5) is 5.69 Å². The number of benzene rings is 1. The number of aromatic nitrogens is 1. The van der Waals surface area contributed by atoms with Crippen molar-refractivity contribution in [3.63, 3.8) is 0 Å². The number of rotatable bonds is 6. The Morgan fingerprint density at radius 1 is 1.04 bits per heavy atom. The van der Waals surface area contributed by atoms with Crippen LogP contribution in [-0.2, 0) is 16.1 Å². The summed E-state index contributed by atoms with van der Waals surface area (Å²) in [5.74, 6) is 0.0209. The molecule has 0 atom stereocenters. The van der Waals surface area contributed by atoms with Crippen molar-refractivity contribution in [3.05, 3.63) is 82.4 Å². The SMILES string of the molecule is COc1ccc(NC2=C(c3cccs3)C(=O)N(Cc3ccccn3)C2=O)cc1. The average Bonchev–Trinajstić information content (AvgIpc) is 3.33. The monoisotopic (exact) mass is 391 g/mol. The number of anilines is 1. The number of pyridine rings is 1. The summed E-state index contributed by atoms with van der Waals surface area (Å²) in [6.45, 7) is 0.126. The fourth-order valence-corrected chi connectivity index (χ4v) is 3.73. The van der Waals surface area contributed by atoms with Crippen LogP contribution in [0.15, 0.2) is 71.9 Å². The van der Waals surface area contributed by atoms with Gasteiger partial charge in [0.2, 0.25) is 0 Å². The maximum Gasteiger partial charge on any atom is 0.278 e. The van der Waals surface area contributed by atoms with Gasteiger partial charge in [-0.25, -0.2) is 0 Å². The summed E-state index contributed by atoms with van der Waals surface area (Å²) in [5, 5.41) is 5.01. The number of carbonyl (C=O) groups excluding carboxylic acids is 2. The maximum atomic E-state index is 13.1. The molecule has 0 aliphatic carbocycles. The second-order valence-electron chi connectivity index (χ2n) is 6.10. The molecule has 3 aromatic rings. The third-order valence-corrected chi connectivity index (χ3v) is 5.23. The fourth-order valence-electron chi connectivity index (χ4n) is 2.96. The van der Waals surface area contributed by atoms with Crippen molar-refractivity contribution in [3.8, 4) is 5.75 Å². The van der Waals surface area contributed by atoms with E-state index in [1.54, 1.807) is 49.7 Å². The summed E-state index contributed by atoms with van der Waals surface area (Å²) in [5.41, 5.74) is 2.01. The molecule has 2 amide bonds. The standard InChI is InChI=1S/C21H17N3O3S/c1-27-16-9-7-14(8-10-16)23-19-18(17-6-4-12-28-17)20(25)24(21(19)26)13-15-5-2-3-11-22-15/h2-12,23H,13H2,1H3. The first-order valence-electron chi connectivity index (χ1n) is 8.62. The number of thiophene rings is 1. The second-order valence-corrected chi connectivity index (χ2v) is 7.05. The lowest BCUT2D eigenvalue weighted by molar-refractivity contribution is -0.137. The van der Waals surface area contributed by atoms with Crippen molar-refractivity contribution in [2.45, 2.75) is 6.54 Å². The second kappa shape index (κ2) is 7.66. The van der Waals surface area contributed by atoms with Crippen LogP contribution in [-0.4, -0.2) is 28.8 Å². The predicted molar refractivity (Wildman–Crippen MR) is 108 cm³/mol. The van der Waals surface area contributed by atoms with Gasteiger partial charge in [0.05, 0.1) is 24.9 Å². The molecular formula is C21H17N3O3S. The zero-order valence-corrected chi connectivity index (χ0v) is 15.9. The Kier molecular flexibility index (Phi) is 4.90. The molecule has 1 N–H and O–H groups in total. The van der Waals surface area contributed by atoms with Gasteiger partial charge in [0, 0.05) is 16.8 Å². The number of nitrogens with zero attached hydrogens (tertiary/aromatic N) is 2. The van der Waals surface area contributed by atoms with Crippen LogP contribution in [0.25, 0.3) is 5.57 Å². The molecule has 28 heavy (non-hydrogen) atoms. The van der Waals surface area contributed by atoms with Crippen LogP contribution in [0.1, 0.15) is 10.6 Å². The van der Waals surface area contributed by atoms with Gasteiger partial charge in [0.1, 0.15) is 11.4 Å². The summed E-state index contributed by atoms with van der Waals surface area (Å²) >= 11 is 1.42. The Labute approximate surface area is 166 Å². The Bertz CT molecular complexity index is 1030. The van der Waals surface area contributed by atoms with Gasteiger partial charge < -0.3 is 10.1 Å². The Morgan fingerprint density at radius 2 is 1.86 bits per heavy atom. The van der Waals surface area contributed by atoms with Gasteiger partial charge in [-0.3, -0.25) is 19.5 Å². The molecule has 1 aromatic carbocycles. The number of hydrogen-bond acceptors (Lipinski definition) is 6. The van der Waals surface area contributed by atoms with Crippen LogP contribution in [0, 0.1) is 0 Å². The number of imide groups is 1. The molecule has 3 heterocycles. The van der Waals surface area contributed by atoms with Gasteiger partial charge in [-0.05, 0) is 47.8 Å². The van der Waals surface area contributed by atoms with E-state index < -0.39 is 0 Å². The van der Waals surface area contributed by atoms with Crippen molar-refractivity contribution in [1.29, 1.82) is 0 Å². The third kappa shape index (κ3) is 3.39. The van der Waals surface area contributed by atoms with Crippen LogP contribution in [0.3, 0.4) is 0 Å². The number of hydrogen-bond donors (Lipinski definition) is 1. The Hall–Kier alpha value is -3.45. The highest BCUT2D eigenvalue weighted by atomic mass is 32.1. The molecule has 4 rings (SSSR count). The summed E-state index contributed by atoms with van der Waals surface area (Å²) in [6, 6.07) is 16.3. The highest BCUT2D eigenvalue weighted by Crippen LogP contribution is 2.33. The van der Waals surface area contributed by atoms with Gasteiger partial charge in [-0.15, -0.1) is 11.3 Å². The van der Waals surface area contributed by atoms with Crippen LogP contribution in [0.2, 0.25) is 0 Å². The molecule has 0 saturated carbocycles. The smallest absolute Gasteiger partial charge is 0.278 e. The molecule has 0 saturated heterocycles. The summed E-state index contributed by atoms with van der Waals surface area (Å²) in [6.07, 6.45) is 1.64. The lowest BCUT2D eigenvalue weighted by Crippen LogP contribution is -2.32. The molecule has 0 radical (unpaired) electrons. The Morgan fingerprint density at radius 3 is 2.50 bits per heavy atom. The average molecular weight is 391 g/mol. The van der Waals surface area contributed by atoms with E-state index in [-0.39, 0.29) is 24.1 Å². The van der Waals surface area contributed by atoms with Crippen molar-refractivity contribution in [2.24, 2.45) is 0 Å². The quantitative estimate of drug-likeness (QED) is 0.651. The van der Waals surface area contributed by atoms with Crippen molar-refractivity contribution in [2.75, 3.05) is 12.4 Å². The van der Waals surface area contributed by atoms with Gasteiger partial charge in [0.15, 0.2) is 0 Å². The van der Waals surface area contributed by atoms with E-state index in [9.17, 15) is 9.59 Å². The highest BCUT2D eigenvalue weighted by molar-refractivity contribution is 7.11. The normalized spacial score (nSPS) is 14.0. The molecule has 0 bridgehead atoms. The minimum Gasteiger partial charge on any atom is -0.497 e. The largest absolute Gasteiger partial charge is 0.497 e. The fraction of sp³-hybridized carbons (Fsp3) is 0.0952. The minimum absolute atomic E-state index is 0.126. The molecule has 7 heteroatoms. The van der Waals surface area contributed by atoms with E-state index in [2.05, 4.69) is 10.3 Å². The van der Waals surface area contributed by atoms with Gasteiger partial charge in [0.25, 0.3) is 11.8 Å². The highest BCUT2D eigenvalue weighted by Gasteiger charge is 2.39. The molecule has 0 fully saturated rings. The zero-order chi connectivity index (χ0) is 19.5. The van der Waals surface area contributed by atoms with Gasteiger partial charge >= 0.3 is 0 Å². The minimum atomic E-state index is -0.366. The number of amides is 2.